The first-order valence-corrected chi connectivity index (χ1v) is 7.63. The molecule has 1 heterocycles. The Kier molecular flexibility index (Phi) is 5.43. The molecule has 0 aliphatic rings. The van der Waals surface area contributed by atoms with E-state index in [4.69, 9.17) is 5.73 Å². The number of hydrogen-bond donors (Lipinski definition) is 1. The molecular weight excluding hydrogens is 252 g/mol. The molecule has 0 amide bonds. The van der Waals surface area contributed by atoms with E-state index in [1.165, 1.54) is 10.5 Å². The van der Waals surface area contributed by atoms with E-state index >= 15 is 0 Å². The molecule has 1 atom stereocenters. The summed E-state index contributed by atoms with van der Waals surface area (Å²) in [5, 5.41) is 0. The van der Waals surface area contributed by atoms with Crippen molar-refractivity contribution in [2.24, 2.45) is 5.73 Å². The van der Waals surface area contributed by atoms with Gasteiger partial charge in [0.1, 0.15) is 0 Å². The summed E-state index contributed by atoms with van der Waals surface area (Å²) >= 11 is 1.80. The maximum atomic E-state index is 6.16. The largest absolute Gasteiger partial charge is 0.327 e. The average Bonchev–Trinajstić information content (AvgIpc) is 2.47. The van der Waals surface area contributed by atoms with Crippen LogP contribution in [0.25, 0.3) is 0 Å². The van der Waals surface area contributed by atoms with E-state index in [2.05, 4.69) is 48.3 Å². The zero-order chi connectivity index (χ0) is 13.5. The van der Waals surface area contributed by atoms with Crippen molar-refractivity contribution in [1.82, 2.24) is 4.98 Å². The number of hydrogen-bond acceptors (Lipinski definition) is 3. The van der Waals surface area contributed by atoms with Crippen molar-refractivity contribution in [2.45, 2.75) is 30.7 Å². The number of nitrogens with two attached hydrogens (primary N) is 1. The number of thioether (sulfide) groups is 1. The monoisotopic (exact) mass is 272 g/mol. The molecule has 0 spiro atoms. The van der Waals surface area contributed by atoms with Gasteiger partial charge in [0, 0.05) is 35.0 Å². The van der Waals surface area contributed by atoms with Gasteiger partial charge in [-0.1, -0.05) is 31.2 Å². The van der Waals surface area contributed by atoms with E-state index < -0.39 is 0 Å². The van der Waals surface area contributed by atoms with Gasteiger partial charge in [0.2, 0.25) is 0 Å². The Morgan fingerprint density at radius 3 is 2.58 bits per heavy atom. The van der Waals surface area contributed by atoms with E-state index in [9.17, 15) is 0 Å². The molecule has 19 heavy (non-hydrogen) atoms. The van der Waals surface area contributed by atoms with Gasteiger partial charge in [0.25, 0.3) is 0 Å². The standard InChI is InChI=1S/C16H20N2S/c1-2-13-8-9-15(18-11-13)10-14(17)12-19-16-6-4-3-5-7-16/h3-9,11,14H,2,10,12,17H2,1H3. The fraction of sp³-hybridized carbons (Fsp3) is 0.312. The predicted molar refractivity (Wildman–Crippen MR) is 82.5 cm³/mol. The first-order chi connectivity index (χ1) is 9.28. The third-order valence-corrected chi connectivity index (χ3v) is 4.17. The first-order valence-electron chi connectivity index (χ1n) is 6.65. The minimum Gasteiger partial charge on any atom is -0.327 e. The van der Waals surface area contributed by atoms with Gasteiger partial charge in [0.15, 0.2) is 0 Å². The molecule has 3 heteroatoms. The van der Waals surface area contributed by atoms with Gasteiger partial charge in [-0.2, -0.15) is 0 Å². The topological polar surface area (TPSA) is 38.9 Å². The molecule has 1 unspecified atom stereocenters. The van der Waals surface area contributed by atoms with Crippen LogP contribution in [0.2, 0.25) is 0 Å². The van der Waals surface area contributed by atoms with Gasteiger partial charge in [-0.05, 0) is 30.2 Å². The molecule has 0 aliphatic heterocycles. The molecule has 1 aromatic heterocycles. The van der Waals surface area contributed by atoms with Crippen molar-refractivity contribution in [1.29, 1.82) is 0 Å². The molecule has 100 valence electrons. The van der Waals surface area contributed by atoms with Crippen LogP contribution in [0.5, 0.6) is 0 Å². The smallest absolute Gasteiger partial charge is 0.0419 e. The molecule has 1 aromatic carbocycles. The fourth-order valence-electron chi connectivity index (χ4n) is 1.83. The van der Waals surface area contributed by atoms with Crippen molar-refractivity contribution in [3.8, 4) is 0 Å². The number of nitrogens with zero attached hydrogens (tertiary/aromatic N) is 1. The summed E-state index contributed by atoms with van der Waals surface area (Å²) in [6.45, 7) is 2.14. The number of aromatic nitrogens is 1. The van der Waals surface area contributed by atoms with E-state index in [-0.39, 0.29) is 6.04 Å². The molecule has 2 aromatic rings. The Hall–Kier alpha value is -1.32. The Labute approximate surface area is 119 Å². The molecule has 2 N–H and O–H groups in total. The second-order valence-electron chi connectivity index (χ2n) is 4.60. The van der Waals surface area contributed by atoms with Crippen LogP contribution in [0.3, 0.4) is 0 Å². The third kappa shape index (κ3) is 4.69. The molecular formula is C16H20N2S. The van der Waals surface area contributed by atoms with Crippen LogP contribution in [-0.2, 0) is 12.8 Å². The van der Waals surface area contributed by atoms with Crippen LogP contribution < -0.4 is 5.73 Å². The number of pyridine rings is 1. The SMILES string of the molecule is CCc1ccc(CC(N)CSc2ccccc2)nc1. The van der Waals surface area contributed by atoms with E-state index in [1.807, 2.05) is 12.3 Å². The van der Waals surface area contributed by atoms with Gasteiger partial charge in [-0.15, -0.1) is 11.8 Å². The van der Waals surface area contributed by atoms with E-state index in [0.29, 0.717) is 0 Å². The molecule has 0 fully saturated rings. The van der Waals surface area contributed by atoms with Gasteiger partial charge >= 0.3 is 0 Å². The molecule has 0 saturated heterocycles. The minimum absolute atomic E-state index is 0.144. The Bertz CT molecular complexity index is 482. The minimum atomic E-state index is 0.144. The molecule has 0 aliphatic carbocycles. The highest BCUT2D eigenvalue weighted by Gasteiger charge is 2.06. The quantitative estimate of drug-likeness (QED) is 0.820. The fourth-order valence-corrected chi connectivity index (χ4v) is 2.71. The van der Waals surface area contributed by atoms with Crippen LogP contribution in [0, 0.1) is 0 Å². The van der Waals surface area contributed by atoms with Crippen LogP contribution in [0.4, 0.5) is 0 Å². The summed E-state index contributed by atoms with van der Waals surface area (Å²) in [5.41, 5.74) is 8.52. The summed E-state index contributed by atoms with van der Waals surface area (Å²) in [4.78, 5) is 5.73. The van der Waals surface area contributed by atoms with Crippen molar-refractivity contribution in [2.75, 3.05) is 5.75 Å². The van der Waals surface area contributed by atoms with Crippen molar-refractivity contribution < 1.29 is 0 Å². The molecule has 2 nitrogen and oxygen atoms in total. The molecule has 2 rings (SSSR count). The lowest BCUT2D eigenvalue weighted by Gasteiger charge is -2.11. The number of rotatable bonds is 6. The summed E-state index contributed by atoms with van der Waals surface area (Å²) in [7, 11) is 0. The lowest BCUT2D eigenvalue weighted by molar-refractivity contribution is 0.731. The Balaban J connectivity index is 1.82. The van der Waals surface area contributed by atoms with Crippen LogP contribution in [0.1, 0.15) is 18.2 Å². The highest BCUT2D eigenvalue weighted by Crippen LogP contribution is 2.18. The van der Waals surface area contributed by atoms with Crippen LogP contribution >= 0.6 is 11.8 Å². The summed E-state index contributed by atoms with van der Waals surface area (Å²) in [5.74, 6) is 0.918. The maximum Gasteiger partial charge on any atom is 0.0419 e. The highest BCUT2D eigenvalue weighted by molar-refractivity contribution is 7.99. The first kappa shape index (κ1) is 14.1. The zero-order valence-corrected chi connectivity index (χ0v) is 12.1. The van der Waals surface area contributed by atoms with Gasteiger partial charge in [-0.3, -0.25) is 4.98 Å². The van der Waals surface area contributed by atoms with Crippen molar-refractivity contribution in [3.63, 3.8) is 0 Å². The number of benzene rings is 1. The molecule has 0 saturated carbocycles. The summed E-state index contributed by atoms with van der Waals surface area (Å²) < 4.78 is 0. The second kappa shape index (κ2) is 7.31. The number of aryl methyl sites for hydroxylation is 1. The summed E-state index contributed by atoms with van der Waals surface area (Å²) in [6.07, 6.45) is 3.82. The van der Waals surface area contributed by atoms with Crippen molar-refractivity contribution >= 4 is 11.8 Å². The summed E-state index contributed by atoms with van der Waals surface area (Å²) in [6, 6.07) is 14.7. The van der Waals surface area contributed by atoms with Crippen molar-refractivity contribution in [3.05, 3.63) is 59.9 Å². The molecule has 0 bridgehead atoms. The Morgan fingerprint density at radius 2 is 1.95 bits per heavy atom. The van der Waals surface area contributed by atoms with Crippen LogP contribution in [0.15, 0.2) is 53.6 Å². The Morgan fingerprint density at radius 1 is 1.16 bits per heavy atom. The lowest BCUT2D eigenvalue weighted by Crippen LogP contribution is -2.26. The van der Waals surface area contributed by atoms with E-state index in [0.717, 1.165) is 24.3 Å². The van der Waals surface area contributed by atoms with Crippen LogP contribution in [-0.4, -0.2) is 16.8 Å². The van der Waals surface area contributed by atoms with E-state index in [1.54, 1.807) is 11.8 Å². The van der Waals surface area contributed by atoms with Gasteiger partial charge < -0.3 is 5.73 Å². The normalized spacial score (nSPS) is 12.3. The predicted octanol–water partition coefficient (Wildman–Crippen LogP) is 3.31. The van der Waals surface area contributed by atoms with Gasteiger partial charge in [0.05, 0.1) is 0 Å². The lowest BCUT2D eigenvalue weighted by atomic mass is 10.1. The highest BCUT2D eigenvalue weighted by atomic mass is 32.2. The second-order valence-corrected chi connectivity index (χ2v) is 5.69. The van der Waals surface area contributed by atoms with Gasteiger partial charge in [-0.25, -0.2) is 0 Å². The zero-order valence-electron chi connectivity index (χ0n) is 11.3. The molecule has 0 radical (unpaired) electrons. The third-order valence-electron chi connectivity index (χ3n) is 2.97. The maximum absolute atomic E-state index is 6.16. The average molecular weight is 272 g/mol.